The minimum atomic E-state index is -3.01. The van der Waals surface area contributed by atoms with Crippen molar-refractivity contribution in [1.82, 2.24) is 9.62 Å². The van der Waals surface area contributed by atoms with Crippen molar-refractivity contribution in [2.75, 3.05) is 32.9 Å². The highest BCUT2D eigenvalue weighted by Crippen LogP contribution is 2.38. The molecule has 1 aliphatic rings. The van der Waals surface area contributed by atoms with E-state index < -0.39 is 10.0 Å². The molecule has 2 atom stereocenters. The molecule has 0 aromatic carbocycles. The van der Waals surface area contributed by atoms with Crippen LogP contribution < -0.4 is 5.32 Å². The second kappa shape index (κ2) is 5.98. The molecule has 0 aromatic rings. The Hall–Kier alpha value is -0.130. The van der Waals surface area contributed by atoms with Crippen LogP contribution in [0.2, 0.25) is 0 Å². The van der Waals surface area contributed by atoms with E-state index in [1.165, 1.54) is 6.42 Å². The molecule has 1 N–H and O–H groups in total. The summed E-state index contributed by atoms with van der Waals surface area (Å²) in [6.45, 7) is 3.77. The van der Waals surface area contributed by atoms with Crippen molar-refractivity contribution < 1.29 is 8.42 Å². The molecule has 2 unspecified atom stereocenters. The third-order valence-corrected chi connectivity index (χ3v) is 5.23. The Morgan fingerprint density at radius 2 is 2.00 bits per heavy atom. The zero-order valence-electron chi connectivity index (χ0n) is 10.6. The molecule has 0 radical (unpaired) electrons. The summed E-state index contributed by atoms with van der Waals surface area (Å²) < 4.78 is 25.3. The second-order valence-corrected chi connectivity index (χ2v) is 7.08. The minimum Gasteiger partial charge on any atom is -0.320 e. The number of hydrogen-bond donors (Lipinski definition) is 1. The van der Waals surface area contributed by atoms with Gasteiger partial charge in [-0.15, -0.1) is 0 Å². The smallest absolute Gasteiger partial charge is 0.213 e. The maximum absolute atomic E-state index is 11.9. The van der Waals surface area contributed by atoms with Gasteiger partial charge in [-0.2, -0.15) is 0 Å². The molecule has 1 fully saturated rings. The van der Waals surface area contributed by atoms with Gasteiger partial charge in [0.05, 0.1) is 5.75 Å². The van der Waals surface area contributed by atoms with Crippen molar-refractivity contribution in [1.29, 1.82) is 0 Å². The molecule has 0 aromatic heterocycles. The van der Waals surface area contributed by atoms with Gasteiger partial charge in [0.2, 0.25) is 10.0 Å². The number of unbranched alkanes of at least 4 members (excludes halogenated alkanes) is 1. The quantitative estimate of drug-likeness (QED) is 0.649. The van der Waals surface area contributed by atoms with E-state index in [2.05, 4.69) is 12.2 Å². The van der Waals surface area contributed by atoms with E-state index in [1.807, 2.05) is 7.05 Å². The summed E-state index contributed by atoms with van der Waals surface area (Å²) in [6.07, 6.45) is 2.84. The van der Waals surface area contributed by atoms with Crippen LogP contribution in [0, 0.1) is 11.8 Å². The first-order valence-electron chi connectivity index (χ1n) is 6.06. The van der Waals surface area contributed by atoms with E-state index in [4.69, 9.17) is 0 Å². The van der Waals surface area contributed by atoms with Gasteiger partial charge < -0.3 is 5.32 Å². The SMILES string of the molecule is CNCCCCS(=O)(=O)N(C)CC1CC1C. The van der Waals surface area contributed by atoms with Crippen LogP contribution in [0.5, 0.6) is 0 Å². The van der Waals surface area contributed by atoms with Crippen molar-refractivity contribution in [3.8, 4) is 0 Å². The van der Waals surface area contributed by atoms with Gasteiger partial charge in [0, 0.05) is 13.6 Å². The van der Waals surface area contributed by atoms with Crippen molar-refractivity contribution in [3.63, 3.8) is 0 Å². The van der Waals surface area contributed by atoms with Crippen LogP contribution in [-0.4, -0.2) is 45.7 Å². The molecule has 0 heterocycles. The Balaban J connectivity index is 2.25. The highest BCUT2D eigenvalue weighted by Gasteiger charge is 2.35. The molecule has 1 rings (SSSR count). The molecule has 0 bridgehead atoms. The van der Waals surface area contributed by atoms with E-state index in [9.17, 15) is 8.42 Å². The van der Waals surface area contributed by atoms with E-state index in [0.29, 0.717) is 18.4 Å². The monoisotopic (exact) mass is 248 g/mol. The normalized spacial score (nSPS) is 25.0. The number of hydrogen-bond acceptors (Lipinski definition) is 3. The lowest BCUT2D eigenvalue weighted by molar-refractivity contribution is 0.443. The topological polar surface area (TPSA) is 49.4 Å². The lowest BCUT2D eigenvalue weighted by Crippen LogP contribution is -2.31. The lowest BCUT2D eigenvalue weighted by Gasteiger charge is -2.16. The Morgan fingerprint density at radius 1 is 1.38 bits per heavy atom. The molecular formula is C11H24N2O2S. The summed E-state index contributed by atoms with van der Waals surface area (Å²) in [6, 6.07) is 0. The van der Waals surface area contributed by atoms with E-state index >= 15 is 0 Å². The zero-order valence-corrected chi connectivity index (χ0v) is 11.4. The van der Waals surface area contributed by atoms with Gasteiger partial charge in [-0.25, -0.2) is 12.7 Å². The highest BCUT2D eigenvalue weighted by molar-refractivity contribution is 7.89. The third kappa shape index (κ3) is 4.39. The van der Waals surface area contributed by atoms with Crippen LogP contribution in [0.25, 0.3) is 0 Å². The van der Waals surface area contributed by atoms with Gasteiger partial charge in [-0.1, -0.05) is 6.92 Å². The summed E-state index contributed by atoms with van der Waals surface area (Å²) in [5.41, 5.74) is 0. The second-order valence-electron chi connectivity index (χ2n) is 4.88. The summed E-state index contributed by atoms with van der Waals surface area (Å²) >= 11 is 0. The molecule has 96 valence electrons. The van der Waals surface area contributed by atoms with Crippen LogP contribution in [0.1, 0.15) is 26.2 Å². The fourth-order valence-corrected chi connectivity index (χ4v) is 3.14. The van der Waals surface area contributed by atoms with E-state index in [-0.39, 0.29) is 5.75 Å². The fourth-order valence-electron chi connectivity index (χ4n) is 1.84. The molecule has 0 spiro atoms. The summed E-state index contributed by atoms with van der Waals surface area (Å²) in [4.78, 5) is 0. The van der Waals surface area contributed by atoms with Gasteiger partial charge in [-0.3, -0.25) is 0 Å². The number of rotatable bonds is 8. The fraction of sp³-hybridized carbons (Fsp3) is 1.00. The largest absolute Gasteiger partial charge is 0.320 e. The highest BCUT2D eigenvalue weighted by atomic mass is 32.2. The van der Waals surface area contributed by atoms with Gasteiger partial charge in [-0.05, 0) is 44.7 Å². The number of nitrogens with zero attached hydrogens (tertiary/aromatic N) is 1. The van der Waals surface area contributed by atoms with Gasteiger partial charge in [0.1, 0.15) is 0 Å². The molecule has 1 saturated carbocycles. The Bertz CT molecular complexity index is 303. The first-order chi connectivity index (χ1) is 7.47. The van der Waals surface area contributed by atoms with Crippen molar-refractivity contribution in [3.05, 3.63) is 0 Å². The minimum absolute atomic E-state index is 0.284. The standard InChI is InChI=1S/C11H24N2O2S/c1-10-8-11(10)9-13(3)16(14,15)7-5-4-6-12-2/h10-12H,4-9H2,1-3H3. The molecule has 0 aliphatic heterocycles. The van der Waals surface area contributed by atoms with Crippen molar-refractivity contribution in [2.24, 2.45) is 11.8 Å². The van der Waals surface area contributed by atoms with Crippen LogP contribution in [0.15, 0.2) is 0 Å². The zero-order chi connectivity index (χ0) is 12.2. The van der Waals surface area contributed by atoms with Crippen LogP contribution >= 0.6 is 0 Å². The number of nitrogens with one attached hydrogen (secondary N) is 1. The van der Waals surface area contributed by atoms with E-state index in [1.54, 1.807) is 11.4 Å². The van der Waals surface area contributed by atoms with Gasteiger partial charge >= 0.3 is 0 Å². The van der Waals surface area contributed by atoms with Crippen LogP contribution in [0.3, 0.4) is 0 Å². The van der Waals surface area contributed by atoms with Crippen LogP contribution in [-0.2, 0) is 10.0 Å². The Labute approximate surface area is 99.5 Å². The molecule has 16 heavy (non-hydrogen) atoms. The van der Waals surface area contributed by atoms with Gasteiger partial charge in [0.25, 0.3) is 0 Å². The Kier molecular flexibility index (Phi) is 5.21. The predicted octanol–water partition coefficient (Wildman–Crippen LogP) is 0.904. The summed E-state index contributed by atoms with van der Waals surface area (Å²) in [7, 11) is 0.577. The maximum atomic E-state index is 11.9. The maximum Gasteiger partial charge on any atom is 0.213 e. The predicted molar refractivity (Wildman–Crippen MR) is 66.8 cm³/mol. The summed E-state index contributed by atoms with van der Waals surface area (Å²) in [5.74, 6) is 1.59. The number of sulfonamides is 1. The molecule has 0 amide bonds. The molecule has 5 heteroatoms. The molecule has 0 saturated heterocycles. The molecule has 1 aliphatic carbocycles. The molecule has 4 nitrogen and oxygen atoms in total. The average Bonchev–Trinajstić information content (AvgIpc) is 2.89. The van der Waals surface area contributed by atoms with Crippen molar-refractivity contribution in [2.45, 2.75) is 26.2 Å². The molecular weight excluding hydrogens is 224 g/mol. The van der Waals surface area contributed by atoms with Gasteiger partial charge in [0.15, 0.2) is 0 Å². The average molecular weight is 248 g/mol. The summed E-state index contributed by atoms with van der Waals surface area (Å²) in [5, 5.41) is 3.02. The first kappa shape index (κ1) is 13.9. The Morgan fingerprint density at radius 3 is 2.50 bits per heavy atom. The van der Waals surface area contributed by atoms with Crippen LogP contribution in [0.4, 0.5) is 0 Å². The first-order valence-corrected chi connectivity index (χ1v) is 7.67. The third-order valence-electron chi connectivity index (χ3n) is 3.32. The van der Waals surface area contributed by atoms with Crippen molar-refractivity contribution >= 4 is 10.0 Å². The lowest BCUT2D eigenvalue weighted by atomic mass is 10.3. The van der Waals surface area contributed by atoms with E-state index in [0.717, 1.165) is 19.4 Å².